The summed E-state index contributed by atoms with van der Waals surface area (Å²) in [4.78, 5) is 27.7. The lowest BCUT2D eigenvalue weighted by molar-refractivity contribution is 0.0706. The summed E-state index contributed by atoms with van der Waals surface area (Å²) in [5, 5.41) is 0. The molecule has 1 amide bonds. The van der Waals surface area contributed by atoms with Crippen LogP contribution in [0.2, 0.25) is 0 Å². The van der Waals surface area contributed by atoms with Crippen LogP contribution in [-0.2, 0) is 0 Å². The molecular formula is C21H19FN4O. The van der Waals surface area contributed by atoms with Crippen LogP contribution in [0, 0.1) is 5.82 Å². The maximum atomic E-state index is 13.3. The molecular weight excluding hydrogens is 343 g/mol. The van der Waals surface area contributed by atoms with Crippen LogP contribution in [0.1, 0.15) is 34.8 Å². The highest BCUT2D eigenvalue weighted by atomic mass is 19.1. The third-order valence-electron chi connectivity index (χ3n) is 4.87. The number of hydrogen-bond acceptors (Lipinski definition) is 4. The first-order valence-corrected chi connectivity index (χ1v) is 8.98. The molecule has 3 heterocycles. The third kappa shape index (κ3) is 3.69. The Morgan fingerprint density at radius 1 is 1.00 bits per heavy atom. The van der Waals surface area contributed by atoms with Crippen LogP contribution >= 0.6 is 0 Å². The van der Waals surface area contributed by atoms with Crippen molar-refractivity contribution in [2.24, 2.45) is 0 Å². The fourth-order valence-electron chi connectivity index (χ4n) is 3.54. The average molecular weight is 362 g/mol. The number of piperidine rings is 1. The molecule has 3 aromatic rings. The number of aromatic nitrogens is 3. The first kappa shape index (κ1) is 17.3. The zero-order valence-electron chi connectivity index (χ0n) is 14.8. The van der Waals surface area contributed by atoms with Crippen LogP contribution in [0.25, 0.3) is 11.3 Å². The topological polar surface area (TPSA) is 59.0 Å². The molecule has 0 aliphatic carbocycles. The van der Waals surface area contributed by atoms with Gasteiger partial charge in [-0.15, -0.1) is 0 Å². The zero-order valence-corrected chi connectivity index (χ0v) is 14.8. The molecule has 1 aliphatic rings. The Balaban J connectivity index is 1.60. The second-order valence-corrected chi connectivity index (χ2v) is 6.62. The second-order valence-electron chi connectivity index (χ2n) is 6.62. The molecule has 0 saturated carbocycles. The Kier molecular flexibility index (Phi) is 4.87. The number of rotatable bonds is 3. The summed E-state index contributed by atoms with van der Waals surface area (Å²) in [6.07, 6.45) is 8.42. The fraction of sp³-hybridized carbons (Fsp3) is 0.238. The number of likely N-dealkylation sites (tertiary alicyclic amines) is 1. The predicted molar refractivity (Wildman–Crippen MR) is 99.5 cm³/mol. The number of carbonyl (C=O) groups is 1. The number of halogens is 1. The van der Waals surface area contributed by atoms with Gasteiger partial charge in [0.25, 0.3) is 5.91 Å². The van der Waals surface area contributed by atoms with Crippen molar-refractivity contribution in [3.05, 3.63) is 78.3 Å². The summed E-state index contributed by atoms with van der Waals surface area (Å²) in [6, 6.07) is 9.75. The maximum Gasteiger partial charge on any atom is 0.253 e. The van der Waals surface area contributed by atoms with Crippen molar-refractivity contribution in [1.82, 2.24) is 19.9 Å². The van der Waals surface area contributed by atoms with E-state index in [2.05, 4.69) is 15.0 Å². The molecule has 1 saturated heterocycles. The van der Waals surface area contributed by atoms with E-state index in [4.69, 9.17) is 0 Å². The maximum absolute atomic E-state index is 13.3. The minimum absolute atomic E-state index is 0.00863. The van der Waals surface area contributed by atoms with Crippen molar-refractivity contribution in [2.45, 2.75) is 18.8 Å². The summed E-state index contributed by atoms with van der Waals surface area (Å²) in [5.74, 6) is -0.177. The molecule has 0 radical (unpaired) electrons. The first-order chi connectivity index (χ1) is 13.2. The molecule has 0 unspecified atom stereocenters. The number of benzene rings is 1. The van der Waals surface area contributed by atoms with Gasteiger partial charge in [0.2, 0.25) is 0 Å². The van der Waals surface area contributed by atoms with E-state index in [1.165, 1.54) is 12.1 Å². The van der Waals surface area contributed by atoms with Crippen molar-refractivity contribution in [3.8, 4) is 11.3 Å². The lowest BCUT2D eigenvalue weighted by atomic mass is 9.91. The molecule has 2 aromatic heterocycles. The van der Waals surface area contributed by atoms with Gasteiger partial charge in [-0.3, -0.25) is 19.7 Å². The second kappa shape index (κ2) is 7.61. The monoisotopic (exact) mass is 362 g/mol. The van der Waals surface area contributed by atoms with Crippen molar-refractivity contribution in [3.63, 3.8) is 0 Å². The van der Waals surface area contributed by atoms with E-state index in [1.807, 2.05) is 4.90 Å². The third-order valence-corrected chi connectivity index (χ3v) is 4.87. The molecule has 5 nitrogen and oxygen atoms in total. The van der Waals surface area contributed by atoms with E-state index >= 15 is 0 Å². The number of hydrogen-bond donors (Lipinski definition) is 0. The van der Waals surface area contributed by atoms with E-state index in [0.29, 0.717) is 12.1 Å². The van der Waals surface area contributed by atoms with Crippen LogP contribution in [0.5, 0.6) is 0 Å². The Morgan fingerprint density at radius 2 is 1.74 bits per heavy atom. The minimum atomic E-state index is -0.282. The van der Waals surface area contributed by atoms with Gasteiger partial charge in [-0.1, -0.05) is 0 Å². The highest BCUT2D eigenvalue weighted by Gasteiger charge is 2.28. The Bertz CT molecular complexity index is 930. The van der Waals surface area contributed by atoms with Gasteiger partial charge in [-0.05, 0) is 49.2 Å². The van der Waals surface area contributed by atoms with E-state index in [0.717, 1.165) is 36.3 Å². The van der Waals surface area contributed by atoms with E-state index in [-0.39, 0.29) is 17.6 Å². The van der Waals surface area contributed by atoms with Crippen LogP contribution < -0.4 is 0 Å². The first-order valence-electron chi connectivity index (χ1n) is 8.98. The van der Waals surface area contributed by atoms with Crippen molar-refractivity contribution < 1.29 is 9.18 Å². The van der Waals surface area contributed by atoms with Crippen LogP contribution in [0.15, 0.2) is 61.2 Å². The van der Waals surface area contributed by atoms with Gasteiger partial charge in [0.05, 0.1) is 11.4 Å². The Hall–Kier alpha value is -3.15. The highest BCUT2D eigenvalue weighted by Crippen LogP contribution is 2.32. The number of carbonyl (C=O) groups excluding carboxylic acids is 1. The lowest BCUT2D eigenvalue weighted by Gasteiger charge is -2.33. The van der Waals surface area contributed by atoms with Gasteiger partial charge >= 0.3 is 0 Å². The Labute approximate surface area is 156 Å². The molecule has 1 aromatic carbocycles. The molecule has 6 heteroatoms. The van der Waals surface area contributed by atoms with Gasteiger partial charge in [0.15, 0.2) is 0 Å². The molecule has 27 heavy (non-hydrogen) atoms. The van der Waals surface area contributed by atoms with Crippen LogP contribution in [0.3, 0.4) is 0 Å². The predicted octanol–water partition coefficient (Wildman–Crippen LogP) is 3.70. The van der Waals surface area contributed by atoms with Crippen LogP contribution in [-0.4, -0.2) is 38.8 Å². The number of amides is 1. The van der Waals surface area contributed by atoms with Crippen molar-refractivity contribution in [2.75, 3.05) is 13.1 Å². The van der Waals surface area contributed by atoms with Crippen LogP contribution in [0.4, 0.5) is 4.39 Å². The smallest absolute Gasteiger partial charge is 0.253 e. The average Bonchev–Trinajstić information content (AvgIpc) is 2.74. The highest BCUT2D eigenvalue weighted by molar-refractivity contribution is 5.94. The van der Waals surface area contributed by atoms with E-state index < -0.39 is 0 Å². The molecule has 1 aliphatic heterocycles. The molecule has 0 spiro atoms. The van der Waals surface area contributed by atoms with Gasteiger partial charge in [0.1, 0.15) is 5.82 Å². The van der Waals surface area contributed by atoms with Crippen molar-refractivity contribution in [1.29, 1.82) is 0 Å². The van der Waals surface area contributed by atoms with Gasteiger partial charge in [0, 0.05) is 54.9 Å². The van der Waals surface area contributed by atoms with E-state index in [1.54, 1.807) is 49.1 Å². The number of nitrogens with zero attached hydrogens (tertiary/aromatic N) is 4. The van der Waals surface area contributed by atoms with Gasteiger partial charge in [-0.2, -0.15) is 0 Å². The molecule has 4 rings (SSSR count). The molecule has 0 bridgehead atoms. The number of pyridine rings is 1. The summed E-state index contributed by atoms with van der Waals surface area (Å²) >= 11 is 0. The van der Waals surface area contributed by atoms with Crippen molar-refractivity contribution >= 4 is 5.91 Å². The molecule has 136 valence electrons. The Morgan fingerprint density at radius 3 is 2.52 bits per heavy atom. The summed E-state index contributed by atoms with van der Waals surface area (Å²) < 4.78 is 13.3. The normalized spacial score (nSPS) is 16.9. The standard InChI is InChI=1S/C21H19FN4O/c22-18-5-3-15(4-6-18)19-20(25-12-11-24-19)17-2-1-13-26(14-17)21(27)16-7-9-23-10-8-16/h3-12,17H,1-2,13-14H2/t17-/m0/s1. The SMILES string of the molecule is O=C(c1ccncc1)N1CCC[C@H](c2nccnc2-c2ccc(F)cc2)C1. The minimum Gasteiger partial charge on any atom is -0.338 e. The van der Waals surface area contributed by atoms with Gasteiger partial charge < -0.3 is 4.90 Å². The summed E-state index contributed by atoms with van der Waals surface area (Å²) in [7, 11) is 0. The largest absolute Gasteiger partial charge is 0.338 e. The molecule has 1 fully saturated rings. The quantitative estimate of drug-likeness (QED) is 0.713. The van der Waals surface area contributed by atoms with Gasteiger partial charge in [-0.25, -0.2) is 4.39 Å². The molecule has 1 atom stereocenters. The lowest BCUT2D eigenvalue weighted by Crippen LogP contribution is -2.39. The molecule has 0 N–H and O–H groups in total. The zero-order chi connectivity index (χ0) is 18.6. The summed E-state index contributed by atoms with van der Waals surface area (Å²) in [5.41, 5.74) is 3.08. The fourth-order valence-corrected chi connectivity index (χ4v) is 3.54. The summed E-state index contributed by atoms with van der Waals surface area (Å²) in [6.45, 7) is 1.32. The van der Waals surface area contributed by atoms with E-state index in [9.17, 15) is 9.18 Å².